The van der Waals surface area contributed by atoms with Crippen LogP contribution in [0.1, 0.15) is 29.0 Å². The van der Waals surface area contributed by atoms with Crippen molar-refractivity contribution in [2.45, 2.75) is 25.2 Å². The van der Waals surface area contributed by atoms with Crippen LogP contribution in [-0.2, 0) is 22.4 Å². The summed E-state index contributed by atoms with van der Waals surface area (Å²) >= 11 is 0. The van der Waals surface area contributed by atoms with Crippen LogP contribution in [0.4, 0.5) is 0 Å². The minimum absolute atomic E-state index is 0.00470. The minimum Gasteiger partial charge on any atom is -0.489 e. The van der Waals surface area contributed by atoms with E-state index in [2.05, 4.69) is 11.4 Å². The van der Waals surface area contributed by atoms with Gasteiger partial charge in [0.1, 0.15) is 5.75 Å². The Balaban J connectivity index is 1.21. The number of hydrogen-bond acceptors (Lipinski definition) is 6. The van der Waals surface area contributed by atoms with Crippen LogP contribution in [0.2, 0.25) is 0 Å². The summed E-state index contributed by atoms with van der Waals surface area (Å²) in [4.78, 5) is 28.3. The average Bonchev–Trinajstić information content (AvgIpc) is 3.56. The molecule has 3 aromatic carbocycles. The molecule has 1 fully saturated rings. The SMILES string of the molecule is O=C1CCc2cccc(c2)Oc2cccc3c2OC[C@]2(CN1)CN(C(=O)Cc1ccc4c(c1)OCO4)C[C@H]32. The van der Waals surface area contributed by atoms with Gasteiger partial charge in [-0.2, -0.15) is 0 Å². The van der Waals surface area contributed by atoms with E-state index >= 15 is 0 Å². The first-order valence-corrected chi connectivity index (χ1v) is 13.0. The molecular weight excluding hydrogens is 484 g/mol. The highest BCUT2D eigenvalue weighted by Crippen LogP contribution is 2.52. The van der Waals surface area contributed by atoms with Crippen molar-refractivity contribution in [3.8, 4) is 28.7 Å². The summed E-state index contributed by atoms with van der Waals surface area (Å²) in [6, 6.07) is 19.4. The van der Waals surface area contributed by atoms with Crippen LogP contribution in [0, 0.1) is 5.41 Å². The van der Waals surface area contributed by atoms with E-state index in [1.807, 2.05) is 59.5 Å². The Kier molecular flexibility index (Phi) is 5.42. The average molecular weight is 513 g/mol. The Bertz CT molecular complexity index is 1440. The number of fused-ring (bicyclic) bond motifs is 6. The fraction of sp³-hybridized carbons (Fsp3) is 0.333. The van der Waals surface area contributed by atoms with Gasteiger partial charge in [0.15, 0.2) is 23.0 Å². The molecule has 8 nitrogen and oxygen atoms in total. The zero-order valence-electron chi connectivity index (χ0n) is 20.9. The lowest BCUT2D eigenvalue weighted by molar-refractivity contribution is -0.129. The van der Waals surface area contributed by atoms with E-state index in [1.54, 1.807) is 0 Å². The van der Waals surface area contributed by atoms with Crippen molar-refractivity contribution in [3.05, 3.63) is 77.4 Å². The molecule has 38 heavy (non-hydrogen) atoms. The lowest BCUT2D eigenvalue weighted by Crippen LogP contribution is -2.48. The van der Waals surface area contributed by atoms with E-state index in [0.29, 0.717) is 67.8 Å². The molecule has 6 bridgehead atoms. The number of carbonyl (C=O) groups excluding carboxylic acids is 2. The molecule has 1 saturated heterocycles. The van der Waals surface area contributed by atoms with Gasteiger partial charge in [-0.3, -0.25) is 9.59 Å². The summed E-state index contributed by atoms with van der Waals surface area (Å²) in [5.74, 6) is 3.49. The van der Waals surface area contributed by atoms with Crippen LogP contribution in [-0.4, -0.2) is 49.7 Å². The third kappa shape index (κ3) is 4.00. The van der Waals surface area contributed by atoms with Crippen molar-refractivity contribution >= 4 is 11.8 Å². The number of benzene rings is 3. The number of rotatable bonds is 2. The number of aryl methyl sites for hydroxylation is 1. The van der Waals surface area contributed by atoms with Crippen molar-refractivity contribution in [3.63, 3.8) is 0 Å². The molecule has 5 aliphatic heterocycles. The summed E-state index contributed by atoms with van der Waals surface area (Å²) in [7, 11) is 0. The predicted molar refractivity (Wildman–Crippen MR) is 138 cm³/mol. The first-order chi connectivity index (χ1) is 18.6. The Hall–Kier alpha value is -4.20. The molecule has 0 unspecified atom stereocenters. The monoisotopic (exact) mass is 512 g/mol. The van der Waals surface area contributed by atoms with E-state index in [0.717, 1.165) is 16.7 Å². The van der Waals surface area contributed by atoms with E-state index in [4.69, 9.17) is 18.9 Å². The largest absolute Gasteiger partial charge is 0.489 e. The molecule has 3 aromatic rings. The highest BCUT2D eigenvalue weighted by molar-refractivity contribution is 5.80. The molecule has 2 atom stereocenters. The molecule has 2 amide bonds. The first kappa shape index (κ1) is 23.0. The smallest absolute Gasteiger partial charge is 0.231 e. The molecule has 8 heteroatoms. The minimum atomic E-state index is -0.426. The standard InChI is InChI=1S/C30H28N2O6/c33-27-10-8-19-3-1-4-21(11-19)38-25-6-2-5-22-23-14-32(16-30(23,15-31-27)17-35-29(22)25)28(34)13-20-7-9-24-26(12-20)37-18-36-24/h1-7,9,11-12,23H,8,10,13-18H2,(H,31,33)/t23-,30+/m1/s1. The summed E-state index contributed by atoms with van der Waals surface area (Å²) in [6.45, 7) is 2.08. The van der Waals surface area contributed by atoms with Crippen LogP contribution >= 0.6 is 0 Å². The number of nitrogens with zero attached hydrogens (tertiary/aromatic N) is 1. The maximum Gasteiger partial charge on any atom is 0.231 e. The number of carbonyl (C=O) groups is 2. The number of hydrogen-bond donors (Lipinski definition) is 1. The Morgan fingerprint density at radius 3 is 2.82 bits per heavy atom. The second-order valence-corrected chi connectivity index (χ2v) is 10.5. The van der Waals surface area contributed by atoms with Gasteiger partial charge in [-0.05, 0) is 47.9 Å². The van der Waals surface area contributed by atoms with Crippen molar-refractivity contribution in [2.24, 2.45) is 5.41 Å². The number of para-hydroxylation sites is 1. The second-order valence-electron chi connectivity index (χ2n) is 10.5. The topological polar surface area (TPSA) is 86.3 Å². The number of likely N-dealkylation sites (tertiary alicyclic amines) is 1. The Morgan fingerprint density at radius 2 is 1.87 bits per heavy atom. The van der Waals surface area contributed by atoms with Crippen LogP contribution in [0.15, 0.2) is 60.7 Å². The zero-order chi connectivity index (χ0) is 25.7. The Labute approximate surface area is 220 Å². The molecule has 194 valence electrons. The molecule has 1 spiro atoms. The second kappa shape index (κ2) is 8.97. The van der Waals surface area contributed by atoms with E-state index in [9.17, 15) is 9.59 Å². The van der Waals surface area contributed by atoms with Crippen LogP contribution in [0.5, 0.6) is 28.7 Å². The van der Waals surface area contributed by atoms with Gasteiger partial charge < -0.3 is 29.2 Å². The van der Waals surface area contributed by atoms with E-state index in [-0.39, 0.29) is 30.9 Å². The van der Waals surface area contributed by atoms with Crippen LogP contribution in [0.25, 0.3) is 0 Å². The van der Waals surface area contributed by atoms with Gasteiger partial charge in [0.05, 0.1) is 13.0 Å². The van der Waals surface area contributed by atoms with Gasteiger partial charge in [-0.1, -0.05) is 30.3 Å². The van der Waals surface area contributed by atoms with Gasteiger partial charge in [0.25, 0.3) is 0 Å². The predicted octanol–water partition coefficient (Wildman–Crippen LogP) is 3.82. The normalized spacial score (nSPS) is 23.1. The number of amides is 2. The molecule has 0 aliphatic carbocycles. The van der Waals surface area contributed by atoms with E-state index < -0.39 is 5.41 Å². The quantitative estimate of drug-likeness (QED) is 0.562. The highest BCUT2D eigenvalue weighted by atomic mass is 16.7. The van der Waals surface area contributed by atoms with Gasteiger partial charge in [0.2, 0.25) is 18.6 Å². The number of nitrogens with one attached hydrogen (secondary N) is 1. The van der Waals surface area contributed by atoms with Crippen molar-refractivity contribution in [1.82, 2.24) is 10.2 Å². The van der Waals surface area contributed by atoms with Crippen molar-refractivity contribution < 1.29 is 28.5 Å². The fourth-order valence-corrected chi connectivity index (χ4v) is 6.07. The summed E-state index contributed by atoms with van der Waals surface area (Å²) < 4.78 is 23.5. The first-order valence-electron chi connectivity index (χ1n) is 13.0. The molecule has 0 saturated carbocycles. The van der Waals surface area contributed by atoms with Gasteiger partial charge in [-0.15, -0.1) is 0 Å². The molecular formula is C30H28N2O6. The molecule has 5 aliphatic rings. The third-order valence-electron chi connectivity index (χ3n) is 8.09. The van der Waals surface area contributed by atoms with Crippen LogP contribution in [0.3, 0.4) is 0 Å². The highest BCUT2D eigenvalue weighted by Gasteiger charge is 2.53. The number of ether oxygens (including phenoxy) is 4. The molecule has 1 N–H and O–H groups in total. The van der Waals surface area contributed by atoms with Crippen molar-refractivity contribution in [2.75, 3.05) is 33.0 Å². The third-order valence-corrected chi connectivity index (χ3v) is 8.09. The fourth-order valence-electron chi connectivity index (χ4n) is 6.07. The lowest BCUT2D eigenvalue weighted by Gasteiger charge is -2.39. The summed E-state index contributed by atoms with van der Waals surface area (Å²) in [6.07, 6.45) is 1.27. The van der Waals surface area contributed by atoms with E-state index in [1.165, 1.54) is 0 Å². The Morgan fingerprint density at radius 1 is 0.974 bits per heavy atom. The summed E-state index contributed by atoms with van der Waals surface area (Å²) in [5.41, 5.74) is 2.50. The van der Waals surface area contributed by atoms with Gasteiger partial charge in [-0.25, -0.2) is 0 Å². The molecule has 5 heterocycles. The summed E-state index contributed by atoms with van der Waals surface area (Å²) in [5, 5.41) is 3.16. The van der Waals surface area contributed by atoms with Crippen LogP contribution < -0.4 is 24.3 Å². The molecule has 8 rings (SSSR count). The maximum atomic E-state index is 13.5. The van der Waals surface area contributed by atoms with Gasteiger partial charge >= 0.3 is 0 Å². The molecule has 0 radical (unpaired) electrons. The maximum absolute atomic E-state index is 13.5. The van der Waals surface area contributed by atoms with Gasteiger partial charge in [0, 0.05) is 43.0 Å². The lowest BCUT2D eigenvalue weighted by atomic mass is 9.73. The molecule has 0 aromatic heterocycles. The zero-order valence-corrected chi connectivity index (χ0v) is 20.9. The van der Waals surface area contributed by atoms with Crippen molar-refractivity contribution in [1.29, 1.82) is 0 Å².